The van der Waals surface area contributed by atoms with Crippen molar-refractivity contribution in [2.45, 2.75) is 31.7 Å². The third-order valence-corrected chi connectivity index (χ3v) is 4.28. The van der Waals surface area contributed by atoms with Crippen LogP contribution in [0, 0.1) is 17.7 Å². The molecule has 0 heterocycles. The highest BCUT2D eigenvalue weighted by Gasteiger charge is 2.50. The molecule has 2 atom stereocenters. The summed E-state index contributed by atoms with van der Waals surface area (Å²) in [6.45, 7) is 0. The first-order valence-electron chi connectivity index (χ1n) is 6.57. The SMILES string of the molecule is Fc1ccc(NC(=S)NC2[C@H]3CCCC[C@H]23)cc1. The average molecular weight is 264 g/mol. The molecule has 96 valence electrons. The summed E-state index contributed by atoms with van der Waals surface area (Å²) >= 11 is 5.29. The van der Waals surface area contributed by atoms with Crippen molar-refractivity contribution in [2.24, 2.45) is 11.8 Å². The van der Waals surface area contributed by atoms with Gasteiger partial charge >= 0.3 is 0 Å². The van der Waals surface area contributed by atoms with Gasteiger partial charge in [-0.3, -0.25) is 0 Å². The van der Waals surface area contributed by atoms with Crippen LogP contribution in [0.1, 0.15) is 25.7 Å². The molecule has 0 aliphatic heterocycles. The maximum Gasteiger partial charge on any atom is 0.171 e. The molecule has 4 heteroatoms. The summed E-state index contributed by atoms with van der Waals surface area (Å²) in [5.74, 6) is 1.42. The minimum Gasteiger partial charge on any atom is -0.359 e. The molecule has 3 rings (SSSR count). The summed E-state index contributed by atoms with van der Waals surface area (Å²) in [7, 11) is 0. The van der Waals surface area contributed by atoms with Gasteiger partial charge in [-0.2, -0.15) is 0 Å². The number of fused-ring (bicyclic) bond motifs is 1. The van der Waals surface area contributed by atoms with Crippen LogP contribution in [0.15, 0.2) is 24.3 Å². The number of thiocarbonyl (C=S) groups is 1. The standard InChI is InChI=1S/C14H17FN2S/c15-9-5-7-10(8-6-9)16-14(18)17-13-11-3-1-2-4-12(11)13/h5-8,11-13H,1-4H2,(H2,16,17,18)/t11-,12-/m0/s1. The Hall–Kier alpha value is -1.16. The predicted octanol–water partition coefficient (Wildman–Crippen LogP) is 3.30. The lowest BCUT2D eigenvalue weighted by atomic mass is 10.0. The van der Waals surface area contributed by atoms with E-state index >= 15 is 0 Å². The van der Waals surface area contributed by atoms with Gasteiger partial charge in [0.05, 0.1) is 0 Å². The van der Waals surface area contributed by atoms with Crippen LogP contribution in [0.5, 0.6) is 0 Å². The molecular weight excluding hydrogens is 247 g/mol. The van der Waals surface area contributed by atoms with E-state index in [4.69, 9.17) is 12.2 Å². The molecule has 0 saturated heterocycles. The molecule has 1 aromatic carbocycles. The van der Waals surface area contributed by atoms with Crippen molar-refractivity contribution in [3.63, 3.8) is 0 Å². The summed E-state index contributed by atoms with van der Waals surface area (Å²) in [5.41, 5.74) is 0.831. The van der Waals surface area contributed by atoms with Crippen molar-refractivity contribution in [3.8, 4) is 0 Å². The van der Waals surface area contributed by atoms with Gasteiger partial charge in [0.25, 0.3) is 0 Å². The fourth-order valence-electron chi connectivity index (χ4n) is 3.06. The van der Waals surface area contributed by atoms with E-state index in [1.165, 1.54) is 37.8 Å². The van der Waals surface area contributed by atoms with Gasteiger partial charge in [-0.1, -0.05) is 12.8 Å². The van der Waals surface area contributed by atoms with Crippen LogP contribution < -0.4 is 10.6 Å². The van der Waals surface area contributed by atoms with E-state index in [9.17, 15) is 4.39 Å². The first-order valence-corrected chi connectivity index (χ1v) is 6.98. The third-order valence-electron chi connectivity index (χ3n) is 4.06. The van der Waals surface area contributed by atoms with E-state index in [0.29, 0.717) is 11.2 Å². The van der Waals surface area contributed by atoms with Crippen molar-refractivity contribution < 1.29 is 4.39 Å². The average Bonchev–Trinajstić information content (AvgIpc) is 3.06. The normalized spacial score (nSPS) is 29.3. The van der Waals surface area contributed by atoms with Crippen LogP contribution in [0.2, 0.25) is 0 Å². The van der Waals surface area contributed by atoms with Crippen LogP contribution in [0.4, 0.5) is 10.1 Å². The van der Waals surface area contributed by atoms with Gasteiger partial charge in [0.2, 0.25) is 0 Å². The molecule has 0 spiro atoms. The van der Waals surface area contributed by atoms with E-state index in [-0.39, 0.29) is 5.82 Å². The predicted molar refractivity (Wildman–Crippen MR) is 75.0 cm³/mol. The fourth-order valence-corrected chi connectivity index (χ4v) is 3.31. The zero-order valence-corrected chi connectivity index (χ0v) is 11.0. The van der Waals surface area contributed by atoms with Crippen molar-refractivity contribution in [1.82, 2.24) is 5.32 Å². The Kier molecular flexibility index (Phi) is 3.20. The summed E-state index contributed by atoms with van der Waals surface area (Å²) in [6, 6.07) is 6.82. The minimum absolute atomic E-state index is 0.229. The Morgan fingerprint density at radius 1 is 1.11 bits per heavy atom. The molecule has 0 aromatic heterocycles. The highest BCUT2D eigenvalue weighted by atomic mass is 32.1. The molecule has 18 heavy (non-hydrogen) atoms. The lowest BCUT2D eigenvalue weighted by Crippen LogP contribution is -2.31. The monoisotopic (exact) mass is 264 g/mol. The van der Waals surface area contributed by atoms with Crippen LogP contribution in [0.3, 0.4) is 0 Å². The highest BCUT2D eigenvalue weighted by Crippen LogP contribution is 2.49. The van der Waals surface area contributed by atoms with Crippen LogP contribution >= 0.6 is 12.2 Å². The lowest BCUT2D eigenvalue weighted by molar-refractivity contribution is 0.480. The number of rotatable bonds is 2. The first-order chi connectivity index (χ1) is 8.74. The topological polar surface area (TPSA) is 24.1 Å². The highest BCUT2D eigenvalue weighted by molar-refractivity contribution is 7.80. The molecule has 0 unspecified atom stereocenters. The van der Waals surface area contributed by atoms with Gasteiger partial charge in [-0.15, -0.1) is 0 Å². The molecule has 0 bridgehead atoms. The van der Waals surface area contributed by atoms with Crippen molar-refractivity contribution in [1.29, 1.82) is 0 Å². The molecular formula is C14H17FN2S. The van der Waals surface area contributed by atoms with E-state index in [1.807, 2.05) is 0 Å². The molecule has 2 N–H and O–H groups in total. The Balaban J connectivity index is 1.52. The zero-order valence-electron chi connectivity index (χ0n) is 10.2. The van der Waals surface area contributed by atoms with Gasteiger partial charge in [-0.05, 0) is 61.2 Å². The van der Waals surface area contributed by atoms with Crippen LogP contribution in [-0.2, 0) is 0 Å². The molecule has 2 saturated carbocycles. The summed E-state index contributed by atoms with van der Waals surface area (Å²) in [6.07, 6.45) is 5.39. The maximum atomic E-state index is 12.8. The molecule has 0 radical (unpaired) electrons. The second kappa shape index (κ2) is 4.84. The van der Waals surface area contributed by atoms with E-state index in [2.05, 4.69) is 10.6 Å². The maximum absolute atomic E-state index is 12.8. The Bertz CT molecular complexity index is 434. The van der Waals surface area contributed by atoms with Crippen molar-refractivity contribution >= 4 is 23.0 Å². The van der Waals surface area contributed by atoms with Gasteiger partial charge in [-0.25, -0.2) is 4.39 Å². The van der Waals surface area contributed by atoms with Gasteiger partial charge in [0.1, 0.15) is 5.82 Å². The quantitative estimate of drug-likeness (QED) is 0.801. The van der Waals surface area contributed by atoms with Crippen molar-refractivity contribution in [2.75, 3.05) is 5.32 Å². The third kappa shape index (κ3) is 2.48. The number of anilines is 1. The second-order valence-electron chi connectivity index (χ2n) is 5.24. The lowest BCUT2D eigenvalue weighted by Gasteiger charge is -2.10. The Morgan fingerprint density at radius 2 is 1.72 bits per heavy atom. The van der Waals surface area contributed by atoms with E-state index in [0.717, 1.165) is 17.5 Å². The van der Waals surface area contributed by atoms with Crippen molar-refractivity contribution in [3.05, 3.63) is 30.1 Å². The van der Waals surface area contributed by atoms with Crippen LogP contribution in [-0.4, -0.2) is 11.2 Å². The smallest absolute Gasteiger partial charge is 0.171 e. The number of hydrogen-bond donors (Lipinski definition) is 2. The Labute approximate surface area is 112 Å². The fraction of sp³-hybridized carbons (Fsp3) is 0.500. The molecule has 2 aliphatic carbocycles. The van der Waals surface area contributed by atoms with Gasteiger partial charge < -0.3 is 10.6 Å². The number of halogens is 1. The summed E-state index contributed by atoms with van der Waals surface area (Å²) in [4.78, 5) is 0. The van der Waals surface area contributed by atoms with E-state index in [1.54, 1.807) is 12.1 Å². The first kappa shape index (κ1) is 11.9. The number of benzene rings is 1. The van der Waals surface area contributed by atoms with Gasteiger partial charge in [0.15, 0.2) is 5.11 Å². The van der Waals surface area contributed by atoms with Gasteiger partial charge in [0, 0.05) is 11.7 Å². The van der Waals surface area contributed by atoms with E-state index < -0.39 is 0 Å². The molecule has 2 aliphatic rings. The van der Waals surface area contributed by atoms with Crippen LogP contribution in [0.25, 0.3) is 0 Å². The largest absolute Gasteiger partial charge is 0.359 e. The summed E-state index contributed by atoms with van der Waals surface area (Å²) in [5, 5.41) is 7.14. The molecule has 0 amide bonds. The molecule has 2 nitrogen and oxygen atoms in total. The zero-order chi connectivity index (χ0) is 12.5. The molecule has 2 fully saturated rings. The number of nitrogens with one attached hydrogen (secondary N) is 2. The minimum atomic E-state index is -0.229. The Morgan fingerprint density at radius 3 is 2.33 bits per heavy atom. The molecule has 1 aromatic rings. The summed E-state index contributed by atoms with van der Waals surface area (Å²) < 4.78 is 12.8. The number of hydrogen-bond acceptors (Lipinski definition) is 1. The second-order valence-corrected chi connectivity index (χ2v) is 5.65.